The first-order chi connectivity index (χ1) is 6.74. The Morgan fingerprint density at radius 2 is 2.29 bits per heavy atom. The van der Waals surface area contributed by atoms with E-state index in [9.17, 15) is 0 Å². The van der Waals surface area contributed by atoms with Gasteiger partial charge >= 0.3 is 0 Å². The molecule has 0 aromatic carbocycles. The molecule has 0 radical (unpaired) electrons. The Morgan fingerprint density at radius 1 is 1.43 bits per heavy atom. The van der Waals surface area contributed by atoms with Gasteiger partial charge in [-0.3, -0.25) is 0 Å². The van der Waals surface area contributed by atoms with Crippen molar-refractivity contribution in [2.45, 2.75) is 19.0 Å². The van der Waals surface area contributed by atoms with Gasteiger partial charge in [-0.05, 0) is 12.1 Å². The maximum Gasteiger partial charge on any atom is 0.161 e. The van der Waals surface area contributed by atoms with Gasteiger partial charge in [-0.2, -0.15) is 0 Å². The largest absolute Gasteiger partial charge is 0.326 e. The fourth-order valence-electron chi connectivity index (χ4n) is 1.91. The number of nitrogens with zero attached hydrogens (tertiary/aromatic N) is 3. The maximum atomic E-state index is 5.84. The molecule has 1 atom stereocenters. The first-order valence-electron chi connectivity index (χ1n) is 4.51. The SMILES string of the molecule is NC1Cc2nc3ccc(Cl)nc3n2C1. The lowest BCUT2D eigenvalue weighted by Crippen LogP contribution is -2.20. The van der Waals surface area contributed by atoms with Crippen LogP contribution in [0.3, 0.4) is 0 Å². The molecule has 1 aliphatic heterocycles. The summed E-state index contributed by atoms with van der Waals surface area (Å²) in [5, 5.41) is 0.501. The van der Waals surface area contributed by atoms with E-state index in [2.05, 4.69) is 9.97 Å². The molecule has 3 heterocycles. The van der Waals surface area contributed by atoms with E-state index in [1.165, 1.54) is 0 Å². The third kappa shape index (κ3) is 1.04. The number of hydrogen-bond acceptors (Lipinski definition) is 3. The molecule has 2 N–H and O–H groups in total. The summed E-state index contributed by atoms with van der Waals surface area (Å²) in [7, 11) is 0. The van der Waals surface area contributed by atoms with Gasteiger partial charge in [0.15, 0.2) is 5.65 Å². The van der Waals surface area contributed by atoms with E-state index in [0.717, 1.165) is 30.0 Å². The van der Waals surface area contributed by atoms with Crippen molar-refractivity contribution in [3.05, 3.63) is 23.1 Å². The molecule has 0 bridgehead atoms. The Hall–Kier alpha value is -1.13. The molecule has 14 heavy (non-hydrogen) atoms. The minimum atomic E-state index is 0.169. The molecule has 1 unspecified atom stereocenters. The van der Waals surface area contributed by atoms with Gasteiger partial charge in [0, 0.05) is 19.0 Å². The van der Waals surface area contributed by atoms with Crippen LogP contribution in [0, 0.1) is 0 Å². The van der Waals surface area contributed by atoms with Crippen LogP contribution in [-0.2, 0) is 13.0 Å². The fourth-order valence-corrected chi connectivity index (χ4v) is 2.05. The van der Waals surface area contributed by atoms with Gasteiger partial charge in [0.1, 0.15) is 16.5 Å². The van der Waals surface area contributed by atoms with Gasteiger partial charge in [-0.15, -0.1) is 0 Å². The quantitative estimate of drug-likeness (QED) is 0.657. The second-order valence-corrected chi connectivity index (χ2v) is 3.97. The highest BCUT2D eigenvalue weighted by molar-refractivity contribution is 6.29. The Labute approximate surface area is 85.7 Å². The predicted octanol–water partition coefficient (Wildman–Crippen LogP) is 0.968. The Balaban J connectivity index is 2.30. The van der Waals surface area contributed by atoms with Crippen LogP contribution in [0.2, 0.25) is 5.15 Å². The lowest BCUT2D eigenvalue weighted by molar-refractivity contribution is 0.649. The maximum absolute atomic E-state index is 5.84. The van der Waals surface area contributed by atoms with Crippen molar-refractivity contribution >= 4 is 22.8 Å². The van der Waals surface area contributed by atoms with Crippen molar-refractivity contribution in [3.8, 4) is 0 Å². The number of nitrogens with two attached hydrogens (primary N) is 1. The lowest BCUT2D eigenvalue weighted by Gasteiger charge is -2.00. The summed E-state index contributed by atoms with van der Waals surface area (Å²) in [4.78, 5) is 8.70. The number of halogens is 1. The number of imidazole rings is 1. The topological polar surface area (TPSA) is 56.7 Å². The van der Waals surface area contributed by atoms with Gasteiger partial charge < -0.3 is 10.3 Å². The number of aromatic nitrogens is 3. The molecule has 3 rings (SSSR count). The second-order valence-electron chi connectivity index (χ2n) is 3.58. The van der Waals surface area contributed by atoms with Crippen LogP contribution in [0.25, 0.3) is 11.2 Å². The standard InChI is InChI=1S/C9H9ClN4/c10-7-2-1-6-9(13-7)14-4-5(11)3-8(14)12-6/h1-2,5H,3-4,11H2. The van der Waals surface area contributed by atoms with E-state index < -0.39 is 0 Å². The van der Waals surface area contributed by atoms with Crippen LogP contribution in [0.1, 0.15) is 5.82 Å². The molecule has 2 aromatic heterocycles. The summed E-state index contributed by atoms with van der Waals surface area (Å²) < 4.78 is 2.05. The molecule has 0 saturated carbocycles. The van der Waals surface area contributed by atoms with E-state index in [1.54, 1.807) is 6.07 Å². The normalized spacial score (nSPS) is 20.3. The van der Waals surface area contributed by atoms with E-state index in [4.69, 9.17) is 17.3 Å². The first kappa shape index (κ1) is 8.20. The highest BCUT2D eigenvalue weighted by Gasteiger charge is 2.22. The van der Waals surface area contributed by atoms with Crippen molar-refractivity contribution in [2.24, 2.45) is 5.73 Å². The molecule has 5 heteroatoms. The smallest absolute Gasteiger partial charge is 0.161 e. The number of pyridine rings is 1. The molecule has 1 aliphatic rings. The third-order valence-electron chi connectivity index (χ3n) is 2.50. The third-order valence-corrected chi connectivity index (χ3v) is 2.71. The monoisotopic (exact) mass is 208 g/mol. The predicted molar refractivity (Wildman–Crippen MR) is 54.2 cm³/mol. The van der Waals surface area contributed by atoms with Gasteiger partial charge in [-0.1, -0.05) is 11.6 Å². The fraction of sp³-hybridized carbons (Fsp3) is 0.333. The Morgan fingerprint density at radius 3 is 3.14 bits per heavy atom. The lowest BCUT2D eigenvalue weighted by atomic mass is 10.3. The minimum absolute atomic E-state index is 0.169. The van der Waals surface area contributed by atoms with Crippen molar-refractivity contribution in [1.29, 1.82) is 0 Å². The van der Waals surface area contributed by atoms with Crippen molar-refractivity contribution in [2.75, 3.05) is 0 Å². The first-order valence-corrected chi connectivity index (χ1v) is 4.89. The number of rotatable bonds is 0. The van der Waals surface area contributed by atoms with Crippen LogP contribution in [0.4, 0.5) is 0 Å². The molecule has 0 fully saturated rings. The molecule has 4 nitrogen and oxygen atoms in total. The van der Waals surface area contributed by atoms with Gasteiger partial charge in [0.25, 0.3) is 0 Å². The molecule has 0 saturated heterocycles. The van der Waals surface area contributed by atoms with Crippen molar-refractivity contribution < 1.29 is 0 Å². The van der Waals surface area contributed by atoms with Crippen LogP contribution in [-0.4, -0.2) is 20.6 Å². The zero-order valence-electron chi connectivity index (χ0n) is 7.44. The molecule has 0 spiro atoms. The zero-order valence-corrected chi connectivity index (χ0v) is 8.20. The van der Waals surface area contributed by atoms with E-state index in [-0.39, 0.29) is 6.04 Å². The van der Waals surface area contributed by atoms with Crippen LogP contribution in [0.15, 0.2) is 12.1 Å². The van der Waals surface area contributed by atoms with Crippen molar-refractivity contribution in [1.82, 2.24) is 14.5 Å². The van der Waals surface area contributed by atoms with Gasteiger partial charge in [-0.25, -0.2) is 9.97 Å². The minimum Gasteiger partial charge on any atom is -0.326 e. The van der Waals surface area contributed by atoms with Crippen LogP contribution < -0.4 is 5.73 Å². The highest BCUT2D eigenvalue weighted by Crippen LogP contribution is 2.22. The summed E-state index contributed by atoms with van der Waals surface area (Å²) >= 11 is 5.83. The average Bonchev–Trinajstić information content (AvgIpc) is 2.62. The summed E-state index contributed by atoms with van der Waals surface area (Å²) in [5.74, 6) is 1.02. The molecular weight excluding hydrogens is 200 g/mol. The van der Waals surface area contributed by atoms with Crippen LogP contribution in [0.5, 0.6) is 0 Å². The Kier molecular flexibility index (Phi) is 1.57. The average molecular weight is 209 g/mol. The molecule has 2 aromatic rings. The van der Waals surface area contributed by atoms with Gasteiger partial charge in [0.05, 0.1) is 0 Å². The Bertz CT molecular complexity index is 505. The van der Waals surface area contributed by atoms with Gasteiger partial charge in [0.2, 0.25) is 0 Å². The number of fused-ring (bicyclic) bond motifs is 3. The second kappa shape index (κ2) is 2.68. The number of hydrogen-bond donors (Lipinski definition) is 1. The van der Waals surface area contributed by atoms with Crippen molar-refractivity contribution in [3.63, 3.8) is 0 Å². The van der Waals surface area contributed by atoms with E-state index >= 15 is 0 Å². The van der Waals surface area contributed by atoms with E-state index in [1.807, 2.05) is 10.6 Å². The molecular formula is C9H9ClN4. The van der Waals surface area contributed by atoms with Crippen LogP contribution >= 0.6 is 11.6 Å². The summed E-state index contributed by atoms with van der Waals surface area (Å²) in [6, 6.07) is 3.82. The summed E-state index contributed by atoms with van der Waals surface area (Å²) in [5.41, 5.74) is 7.58. The zero-order chi connectivity index (χ0) is 9.71. The summed E-state index contributed by atoms with van der Waals surface area (Å²) in [6.07, 6.45) is 0.827. The highest BCUT2D eigenvalue weighted by atomic mass is 35.5. The summed E-state index contributed by atoms with van der Waals surface area (Å²) in [6.45, 7) is 0.791. The van der Waals surface area contributed by atoms with E-state index in [0.29, 0.717) is 5.15 Å². The molecule has 0 amide bonds. The molecule has 0 aliphatic carbocycles. The molecule has 72 valence electrons.